The smallest absolute Gasteiger partial charge is 0.191 e. The highest BCUT2D eigenvalue weighted by Gasteiger charge is 2.25. The van der Waals surface area contributed by atoms with Crippen molar-refractivity contribution in [3.8, 4) is 0 Å². The molecule has 1 aromatic heterocycles. The van der Waals surface area contributed by atoms with Gasteiger partial charge in [0.05, 0.1) is 17.7 Å². The number of hydrogen-bond donors (Lipinski definition) is 3. The lowest BCUT2D eigenvalue weighted by Gasteiger charge is -2.20. The van der Waals surface area contributed by atoms with Crippen LogP contribution in [0.4, 0.5) is 5.82 Å². The molecule has 2 atom stereocenters. The molecule has 3 rings (SSSR count). The molecule has 1 saturated heterocycles. The number of aromatic nitrogens is 1. The molecule has 1 fully saturated rings. The molecule has 0 saturated carbocycles. The third-order valence-electron chi connectivity index (χ3n) is 4.80. The average Bonchev–Trinajstić information content (AvgIpc) is 3.15. The monoisotopic (exact) mass is 529 g/mol. The van der Waals surface area contributed by atoms with E-state index in [0.717, 1.165) is 37.4 Å². The standard InChI is InChI=1S/C21H28ClN5O.HI/c1-3-23-21(25-13-19(28)16-8-6-15(2)7-9-16)26-17-10-12-27(14-17)20-18(22)5-4-11-24-20;/h4-9,11,17,19,28H,3,10,12-14H2,1-2H3,(H2,23,25,26);1H. The van der Waals surface area contributed by atoms with Crippen LogP contribution in [0.15, 0.2) is 47.6 Å². The van der Waals surface area contributed by atoms with Crippen molar-refractivity contribution in [2.24, 2.45) is 4.99 Å². The first-order chi connectivity index (χ1) is 13.6. The summed E-state index contributed by atoms with van der Waals surface area (Å²) >= 11 is 6.27. The van der Waals surface area contributed by atoms with E-state index < -0.39 is 6.10 Å². The summed E-state index contributed by atoms with van der Waals surface area (Å²) in [7, 11) is 0. The van der Waals surface area contributed by atoms with Gasteiger partial charge >= 0.3 is 0 Å². The minimum Gasteiger partial charge on any atom is -0.386 e. The predicted octanol–water partition coefficient (Wildman–Crippen LogP) is 3.53. The molecule has 0 aliphatic carbocycles. The van der Waals surface area contributed by atoms with Gasteiger partial charge in [-0.2, -0.15) is 0 Å². The zero-order valence-electron chi connectivity index (χ0n) is 16.8. The summed E-state index contributed by atoms with van der Waals surface area (Å²) in [5.41, 5.74) is 2.05. The molecule has 0 bridgehead atoms. The van der Waals surface area contributed by atoms with Crippen LogP contribution in [0.1, 0.15) is 30.6 Å². The van der Waals surface area contributed by atoms with Gasteiger partial charge in [0.15, 0.2) is 5.96 Å². The van der Waals surface area contributed by atoms with Crippen LogP contribution < -0.4 is 15.5 Å². The fraction of sp³-hybridized carbons (Fsp3) is 0.429. The number of aliphatic hydroxyl groups excluding tert-OH is 1. The van der Waals surface area contributed by atoms with E-state index in [1.54, 1.807) is 6.20 Å². The van der Waals surface area contributed by atoms with Crippen molar-refractivity contribution in [3.63, 3.8) is 0 Å². The van der Waals surface area contributed by atoms with Gasteiger partial charge in [0, 0.05) is 31.9 Å². The number of anilines is 1. The predicted molar refractivity (Wildman–Crippen MR) is 131 cm³/mol. The molecule has 2 unspecified atom stereocenters. The summed E-state index contributed by atoms with van der Waals surface area (Å²) < 4.78 is 0. The Labute approximate surface area is 194 Å². The van der Waals surface area contributed by atoms with Gasteiger partial charge in [0.2, 0.25) is 0 Å². The molecule has 1 aromatic carbocycles. The summed E-state index contributed by atoms with van der Waals surface area (Å²) in [5, 5.41) is 17.8. The van der Waals surface area contributed by atoms with Gasteiger partial charge in [0.25, 0.3) is 0 Å². The van der Waals surface area contributed by atoms with Crippen LogP contribution in [0.5, 0.6) is 0 Å². The van der Waals surface area contributed by atoms with Crippen molar-refractivity contribution in [2.75, 3.05) is 31.1 Å². The zero-order chi connectivity index (χ0) is 19.9. The average molecular weight is 530 g/mol. The lowest BCUT2D eigenvalue weighted by Crippen LogP contribution is -2.44. The van der Waals surface area contributed by atoms with Crippen molar-refractivity contribution in [3.05, 3.63) is 58.7 Å². The van der Waals surface area contributed by atoms with Crippen LogP contribution in [0, 0.1) is 6.92 Å². The Morgan fingerprint density at radius 3 is 2.79 bits per heavy atom. The molecule has 2 heterocycles. The van der Waals surface area contributed by atoms with Crippen LogP contribution in [-0.4, -0.2) is 48.3 Å². The Bertz CT molecular complexity index is 802. The molecule has 158 valence electrons. The molecule has 29 heavy (non-hydrogen) atoms. The van der Waals surface area contributed by atoms with E-state index in [-0.39, 0.29) is 30.0 Å². The maximum absolute atomic E-state index is 10.4. The summed E-state index contributed by atoms with van der Waals surface area (Å²) in [5.74, 6) is 1.54. The fourth-order valence-electron chi connectivity index (χ4n) is 3.27. The van der Waals surface area contributed by atoms with Crippen molar-refractivity contribution >= 4 is 47.4 Å². The molecule has 0 amide bonds. The number of hydrogen-bond acceptors (Lipinski definition) is 4. The summed E-state index contributed by atoms with van der Waals surface area (Å²) in [6.07, 6.45) is 2.11. The lowest BCUT2D eigenvalue weighted by atomic mass is 10.1. The summed E-state index contributed by atoms with van der Waals surface area (Å²) in [6.45, 7) is 6.82. The number of aliphatic imine (C=N–C) groups is 1. The van der Waals surface area contributed by atoms with Crippen molar-refractivity contribution in [1.29, 1.82) is 0 Å². The lowest BCUT2D eigenvalue weighted by molar-refractivity contribution is 0.187. The van der Waals surface area contributed by atoms with Crippen molar-refractivity contribution in [1.82, 2.24) is 15.6 Å². The normalized spacial score (nSPS) is 17.6. The van der Waals surface area contributed by atoms with Gasteiger partial charge in [-0.3, -0.25) is 4.99 Å². The number of rotatable bonds is 6. The molecule has 8 heteroatoms. The van der Waals surface area contributed by atoms with Gasteiger partial charge in [-0.05, 0) is 38.0 Å². The van der Waals surface area contributed by atoms with Crippen LogP contribution >= 0.6 is 35.6 Å². The first kappa shape index (κ1) is 23.7. The second-order valence-corrected chi connectivity index (χ2v) is 7.44. The minimum absolute atomic E-state index is 0. The Hall–Kier alpha value is -1.58. The number of aliphatic hydroxyl groups is 1. The van der Waals surface area contributed by atoms with E-state index in [1.807, 2.05) is 50.2 Å². The molecule has 6 nitrogen and oxygen atoms in total. The third kappa shape index (κ3) is 6.72. The van der Waals surface area contributed by atoms with Crippen LogP contribution in [0.25, 0.3) is 0 Å². The van der Waals surface area contributed by atoms with Gasteiger partial charge in [-0.1, -0.05) is 41.4 Å². The van der Waals surface area contributed by atoms with E-state index in [0.29, 0.717) is 17.5 Å². The number of guanidine groups is 1. The van der Waals surface area contributed by atoms with Crippen molar-refractivity contribution < 1.29 is 5.11 Å². The second-order valence-electron chi connectivity index (χ2n) is 7.03. The highest BCUT2D eigenvalue weighted by Crippen LogP contribution is 2.25. The highest BCUT2D eigenvalue weighted by atomic mass is 127. The van der Waals surface area contributed by atoms with E-state index in [1.165, 1.54) is 5.56 Å². The summed E-state index contributed by atoms with van der Waals surface area (Å²) in [6, 6.07) is 11.8. The molecule has 2 aromatic rings. The SMILES string of the molecule is CCNC(=NCC(O)c1ccc(C)cc1)NC1CCN(c2ncccc2Cl)C1.I. The van der Waals surface area contributed by atoms with E-state index in [2.05, 4.69) is 25.5 Å². The second kappa shape index (κ2) is 11.6. The molecular formula is C21H29ClIN5O. The number of benzene rings is 1. The Balaban J connectivity index is 0.00000300. The molecule has 0 radical (unpaired) electrons. The molecule has 3 N–H and O–H groups in total. The number of aryl methyl sites for hydroxylation is 1. The molecule has 1 aliphatic heterocycles. The summed E-state index contributed by atoms with van der Waals surface area (Å²) in [4.78, 5) is 11.2. The van der Waals surface area contributed by atoms with Gasteiger partial charge < -0.3 is 20.6 Å². The van der Waals surface area contributed by atoms with E-state index in [4.69, 9.17) is 11.6 Å². The van der Waals surface area contributed by atoms with Gasteiger partial charge in [-0.25, -0.2) is 4.98 Å². The molecule has 1 aliphatic rings. The first-order valence-corrected chi connectivity index (χ1v) is 10.1. The molecule has 0 spiro atoms. The van der Waals surface area contributed by atoms with Crippen LogP contribution in [-0.2, 0) is 0 Å². The minimum atomic E-state index is -0.622. The van der Waals surface area contributed by atoms with Crippen molar-refractivity contribution in [2.45, 2.75) is 32.4 Å². The van der Waals surface area contributed by atoms with Crippen LogP contribution in [0.3, 0.4) is 0 Å². The first-order valence-electron chi connectivity index (χ1n) is 9.71. The number of halogens is 2. The highest BCUT2D eigenvalue weighted by molar-refractivity contribution is 14.0. The van der Waals surface area contributed by atoms with Gasteiger partial charge in [-0.15, -0.1) is 24.0 Å². The topological polar surface area (TPSA) is 72.8 Å². The zero-order valence-corrected chi connectivity index (χ0v) is 19.9. The largest absolute Gasteiger partial charge is 0.386 e. The van der Waals surface area contributed by atoms with E-state index >= 15 is 0 Å². The van der Waals surface area contributed by atoms with Gasteiger partial charge in [0.1, 0.15) is 5.82 Å². The van der Waals surface area contributed by atoms with E-state index in [9.17, 15) is 5.11 Å². The quantitative estimate of drug-likeness (QED) is 0.303. The number of nitrogens with zero attached hydrogens (tertiary/aromatic N) is 3. The Morgan fingerprint density at radius 2 is 2.10 bits per heavy atom. The Kier molecular flexibility index (Phi) is 9.45. The Morgan fingerprint density at radius 1 is 1.34 bits per heavy atom. The van der Waals surface area contributed by atoms with Crippen LogP contribution in [0.2, 0.25) is 5.02 Å². The maximum Gasteiger partial charge on any atom is 0.191 e. The molecular weight excluding hydrogens is 501 g/mol. The maximum atomic E-state index is 10.4. The third-order valence-corrected chi connectivity index (χ3v) is 5.09. The number of pyridine rings is 1. The fourth-order valence-corrected chi connectivity index (χ4v) is 3.51. The number of nitrogens with one attached hydrogen (secondary N) is 2.